The summed E-state index contributed by atoms with van der Waals surface area (Å²) in [4.78, 5) is 0. The minimum atomic E-state index is 0.111. The molecule has 2 N–H and O–H groups in total. The molecule has 104 valence electrons. The zero-order valence-electron chi connectivity index (χ0n) is 11.2. The fraction of sp³-hybridized carbons (Fsp3) is 1.00. The van der Waals surface area contributed by atoms with E-state index >= 15 is 0 Å². The predicted octanol–water partition coefficient (Wildman–Crippen LogP) is 0.810. The number of nitrogens with two attached hydrogens (primary N) is 1. The van der Waals surface area contributed by atoms with Gasteiger partial charge in [0, 0.05) is 39.6 Å². The van der Waals surface area contributed by atoms with E-state index < -0.39 is 0 Å². The Bertz CT molecular complexity index is 144. The van der Waals surface area contributed by atoms with Gasteiger partial charge in [-0.25, -0.2) is 0 Å². The first-order valence-corrected chi connectivity index (χ1v) is 6.25. The Balaban J connectivity index is 2.89. The summed E-state index contributed by atoms with van der Waals surface area (Å²) in [5.41, 5.74) is 5.54. The summed E-state index contributed by atoms with van der Waals surface area (Å²) in [5.74, 6) is 0. The van der Waals surface area contributed by atoms with E-state index in [-0.39, 0.29) is 6.04 Å². The Kier molecular flexibility index (Phi) is 13.7. The quantitative estimate of drug-likeness (QED) is 0.489. The average Bonchev–Trinajstić information content (AvgIpc) is 2.30. The Morgan fingerprint density at radius 3 is 1.88 bits per heavy atom. The number of ether oxygens (including phenoxy) is 4. The zero-order chi connectivity index (χ0) is 12.8. The molecule has 0 aromatic heterocycles. The van der Waals surface area contributed by atoms with Crippen molar-refractivity contribution in [3.8, 4) is 0 Å². The topological polar surface area (TPSA) is 62.9 Å². The van der Waals surface area contributed by atoms with E-state index in [4.69, 9.17) is 24.7 Å². The number of hydrogen-bond acceptors (Lipinski definition) is 5. The van der Waals surface area contributed by atoms with E-state index in [0.717, 1.165) is 32.7 Å². The molecule has 5 heteroatoms. The summed E-state index contributed by atoms with van der Waals surface area (Å²) in [5, 5.41) is 0. The summed E-state index contributed by atoms with van der Waals surface area (Å²) >= 11 is 0. The molecule has 0 aromatic rings. The van der Waals surface area contributed by atoms with Gasteiger partial charge in [0.05, 0.1) is 19.8 Å². The normalized spacial score (nSPS) is 12.9. The van der Waals surface area contributed by atoms with Gasteiger partial charge in [0.15, 0.2) is 0 Å². The second-order valence-corrected chi connectivity index (χ2v) is 3.98. The molecule has 0 rings (SSSR count). The van der Waals surface area contributed by atoms with Gasteiger partial charge >= 0.3 is 0 Å². The minimum absolute atomic E-state index is 0.111. The summed E-state index contributed by atoms with van der Waals surface area (Å²) in [7, 11) is 1.67. The van der Waals surface area contributed by atoms with Gasteiger partial charge in [-0.05, 0) is 19.8 Å². The average molecular weight is 249 g/mol. The van der Waals surface area contributed by atoms with Gasteiger partial charge in [0.2, 0.25) is 0 Å². The lowest BCUT2D eigenvalue weighted by atomic mass is 10.4. The molecule has 0 radical (unpaired) electrons. The SMILES string of the molecule is COCCOCCCOCCCOCC(C)N. The molecule has 0 saturated heterocycles. The third kappa shape index (κ3) is 15.8. The van der Waals surface area contributed by atoms with Crippen molar-refractivity contribution in [2.75, 3.05) is 53.4 Å². The van der Waals surface area contributed by atoms with Crippen LogP contribution in [0.25, 0.3) is 0 Å². The fourth-order valence-electron chi connectivity index (χ4n) is 1.14. The molecule has 0 spiro atoms. The molecule has 17 heavy (non-hydrogen) atoms. The molecule has 1 unspecified atom stereocenters. The largest absolute Gasteiger partial charge is 0.382 e. The summed E-state index contributed by atoms with van der Waals surface area (Å²) in [6, 6.07) is 0.111. The smallest absolute Gasteiger partial charge is 0.0700 e. The van der Waals surface area contributed by atoms with E-state index in [9.17, 15) is 0 Å². The highest BCUT2D eigenvalue weighted by atomic mass is 16.5. The van der Waals surface area contributed by atoms with Crippen molar-refractivity contribution in [1.82, 2.24) is 0 Å². The van der Waals surface area contributed by atoms with E-state index in [1.54, 1.807) is 7.11 Å². The van der Waals surface area contributed by atoms with Crippen molar-refractivity contribution in [3.05, 3.63) is 0 Å². The van der Waals surface area contributed by atoms with Gasteiger partial charge in [-0.15, -0.1) is 0 Å². The molecule has 0 bridgehead atoms. The van der Waals surface area contributed by atoms with Crippen LogP contribution < -0.4 is 5.73 Å². The summed E-state index contributed by atoms with van der Waals surface area (Å²) < 4.78 is 20.9. The van der Waals surface area contributed by atoms with Gasteiger partial charge in [-0.1, -0.05) is 0 Å². The molecule has 5 nitrogen and oxygen atoms in total. The maximum atomic E-state index is 5.54. The lowest BCUT2D eigenvalue weighted by Crippen LogP contribution is -2.22. The van der Waals surface area contributed by atoms with Crippen molar-refractivity contribution >= 4 is 0 Å². The van der Waals surface area contributed by atoms with Crippen LogP contribution in [0.4, 0.5) is 0 Å². The molecular weight excluding hydrogens is 222 g/mol. The third-order valence-electron chi connectivity index (χ3n) is 1.97. The highest BCUT2D eigenvalue weighted by Crippen LogP contribution is 1.90. The lowest BCUT2D eigenvalue weighted by molar-refractivity contribution is 0.0443. The van der Waals surface area contributed by atoms with E-state index in [1.807, 2.05) is 6.92 Å². The van der Waals surface area contributed by atoms with Crippen LogP contribution in [0.1, 0.15) is 19.8 Å². The van der Waals surface area contributed by atoms with Crippen molar-refractivity contribution in [2.45, 2.75) is 25.8 Å². The highest BCUT2D eigenvalue weighted by Gasteiger charge is 1.94. The van der Waals surface area contributed by atoms with Crippen molar-refractivity contribution in [1.29, 1.82) is 0 Å². The minimum Gasteiger partial charge on any atom is -0.382 e. The molecule has 0 aliphatic rings. The van der Waals surface area contributed by atoms with Crippen LogP contribution in [-0.4, -0.2) is 59.4 Å². The van der Waals surface area contributed by atoms with Crippen LogP contribution in [0.3, 0.4) is 0 Å². The molecule has 0 saturated carbocycles. The van der Waals surface area contributed by atoms with Crippen molar-refractivity contribution in [2.24, 2.45) is 5.73 Å². The second-order valence-electron chi connectivity index (χ2n) is 3.98. The first-order valence-electron chi connectivity index (χ1n) is 6.25. The van der Waals surface area contributed by atoms with Crippen LogP contribution in [-0.2, 0) is 18.9 Å². The Labute approximate surface area is 105 Å². The van der Waals surface area contributed by atoms with Crippen LogP contribution in [0, 0.1) is 0 Å². The summed E-state index contributed by atoms with van der Waals surface area (Å²) in [6.45, 7) is 6.76. The molecule has 0 heterocycles. The Morgan fingerprint density at radius 1 is 0.824 bits per heavy atom. The van der Waals surface area contributed by atoms with Gasteiger partial charge in [0.25, 0.3) is 0 Å². The molecule has 0 fully saturated rings. The van der Waals surface area contributed by atoms with Crippen molar-refractivity contribution < 1.29 is 18.9 Å². The molecule has 0 amide bonds. The second kappa shape index (κ2) is 13.9. The van der Waals surface area contributed by atoms with Gasteiger partial charge in [0.1, 0.15) is 0 Å². The van der Waals surface area contributed by atoms with Gasteiger partial charge in [-0.2, -0.15) is 0 Å². The Hall–Kier alpha value is -0.200. The standard InChI is InChI=1S/C12H27NO4/c1-12(13)11-17-8-4-6-15-5-3-7-16-10-9-14-2/h12H,3-11,13H2,1-2H3. The van der Waals surface area contributed by atoms with Crippen LogP contribution in [0.5, 0.6) is 0 Å². The van der Waals surface area contributed by atoms with Crippen molar-refractivity contribution in [3.63, 3.8) is 0 Å². The van der Waals surface area contributed by atoms with E-state index in [2.05, 4.69) is 0 Å². The van der Waals surface area contributed by atoms with E-state index in [0.29, 0.717) is 26.4 Å². The maximum Gasteiger partial charge on any atom is 0.0700 e. The summed E-state index contributed by atoms with van der Waals surface area (Å²) in [6.07, 6.45) is 1.83. The number of rotatable bonds is 13. The molecule has 0 aliphatic carbocycles. The first-order chi connectivity index (χ1) is 8.27. The third-order valence-corrected chi connectivity index (χ3v) is 1.97. The zero-order valence-corrected chi connectivity index (χ0v) is 11.2. The number of methoxy groups -OCH3 is 1. The molecule has 1 atom stereocenters. The molecule has 0 aromatic carbocycles. The number of hydrogen-bond donors (Lipinski definition) is 1. The fourth-order valence-corrected chi connectivity index (χ4v) is 1.14. The van der Waals surface area contributed by atoms with Gasteiger partial charge in [-0.3, -0.25) is 0 Å². The van der Waals surface area contributed by atoms with Crippen LogP contribution in [0.15, 0.2) is 0 Å². The van der Waals surface area contributed by atoms with E-state index in [1.165, 1.54) is 0 Å². The first kappa shape index (κ1) is 16.8. The highest BCUT2D eigenvalue weighted by molar-refractivity contribution is 4.48. The predicted molar refractivity (Wildman–Crippen MR) is 67.2 cm³/mol. The molecular formula is C12H27NO4. The van der Waals surface area contributed by atoms with Gasteiger partial charge < -0.3 is 24.7 Å². The maximum absolute atomic E-state index is 5.54. The van der Waals surface area contributed by atoms with Crippen LogP contribution in [0.2, 0.25) is 0 Å². The van der Waals surface area contributed by atoms with Crippen LogP contribution >= 0.6 is 0 Å². The lowest BCUT2D eigenvalue weighted by Gasteiger charge is -2.07. The molecule has 0 aliphatic heterocycles. The monoisotopic (exact) mass is 249 g/mol. The Morgan fingerprint density at radius 2 is 1.35 bits per heavy atom.